The summed E-state index contributed by atoms with van der Waals surface area (Å²) < 4.78 is 0. The van der Waals surface area contributed by atoms with Crippen molar-refractivity contribution in [2.24, 2.45) is 0 Å². The van der Waals surface area contributed by atoms with Crippen LogP contribution in [0.2, 0.25) is 5.02 Å². The molecule has 2 aromatic rings. The molecule has 0 bridgehead atoms. The third-order valence-electron chi connectivity index (χ3n) is 2.43. The van der Waals surface area contributed by atoms with Gasteiger partial charge in [-0.05, 0) is 13.8 Å². The number of hydrogen-bond acceptors (Lipinski definition) is 6. The van der Waals surface area contributed by atoms with Crippen molar-refractivity contribution < 1.29 is 4.92 Å². The summed E-state index contributed by atoms with van der Waals surface area (Å²) in [6.07, 6.45) is 3.06. The third kappa shape index (κ3) is 2.99. The molecule has 0 aliphatic rings. The highest BCUT2D eigenvalue weighted by atomic mass is 35.5. The number of hydrogen-bond donors (Lipinski definition) is 1. The van der Waals surface area contributed by atoms with Gasteiger partial charge in [-0.1, -0.05) is 11.6 Å². The molecule has 0 spiro atoms. The van der Waals surface area contributed by atoms with Crippen molar-refractivity contribution in [3.05, 3.63) is 44.0 Å². The van der Waals surface area contributed by atoms with Crippen LogP contribution in [0.15, 0.2) is 23.8 Å². The van der Waals surface area contributed by atoms with Crippen molar-refractivity contribution >= 4 is 34.4 Å². The zero-order valence-corrected chi connectivity index (χ0v) is 11.8. The predicted octanol–water partition coefficient (Wildman–Crippen LogP) is 3.45. The molecule has 0 fully saturated rings. The standard InChI is InChI=1S/C11H11ClN4O2S/c1-11(2,10-13-3-4-19-10)15-9-8(16(17)18)5-7(12)6-14-9/h3-6H,1-2H3,(H,14,15). The molecule has 0 amide bonds. The fourth-order valence-electron chi connectivity index (χ4n) is 1.55. The van der Waals surface area contributed by atoms with E-state index in [2.05, 4.69) is 15.3 Å². The van der Waals surface area contributed by atoms with Crippen LogP contribution in [0, 0.1) is 10.1 Å². The minimum atomic E-state index is -0.556. The summed E-state index contributed by atoms with van der Waals surface area (Å²) in [6.45, 7) is 3.76. The van der Waals surface area contributed by atoms with Gasteiger partial charge in [0.1, 0.15) is 5.01 Å². The van der Waals surface area contributed by atoms with E-state index in [1.165, 1.54) is 23.6 Å². The molecule has 0 unspecified atom stereocenters. The Morgan fingerprint density at radius 2 is 2.21 bits per heavy atom. The molecule has 2 aromatic heterocycles. The van der Waals surface area contributed by atoms with Gasteiger partial charge in [0.2, 0.25) is 5.82 Å². The van der Waals surface area contributed by atoms with Crippen molar-refractivity contribution in [2.75, 3.05) is 5.32 Å². The number of nitro groups is 1. The molecule has 0 aromatic carbocycles. The molecular formula is C11H11ClN4O2S. The first kappa shape index (κ1) is 13.7. The minimum Gasteiger partial charge on any atom is -0.353 e. The largest absolute Gasteiger partial charge is 0.353 e. The van der Waals surface area contributed by atoms with Crippen molar-refractivity contribution in [1.82, 2.24) is 9.97 Å². The lowest BCUT2D eigenvalue weighted by Crippen LogP contribution is -2.28. The van der Waals surface area contributed by atoms with Gasteiger partial charge in [0, 0.05) is 23.8 Å². The Hall–Kier alpha value is -1.73. The van der Waals surface area contributed by atoms with E-state index >= 15 is 0 Å². The maximum Gasteiger partial charge on any atom is 0.312 e. The summed E-state index contributed by atoms with van der Waals surface area (Å²) in [7, 11) is 0. The Morgan fingerprint density at radius 1 is 1.47 bits per heavy atom. The lowest BCUT2D eigenvalue weighted by molar-refractivity contribution is -0.384. The van der Waals surface area contributed by atoms with E-state index in [1.807, 2.05) is 19.2 Å². The van der Waals surface area contributed by atoms with E-state index in [-0.39, 0.29) is 16.5 Å². The number of nitrogens with one attached hydrogen (secondary N) is 1. The van der Waals surface area contributed by atoms with Crippen LogP contribution in [0.1, 0.15) is 18.9 Å². The van der Waals surface area contributed by atoms with E-state index < -0.39 is 10.5 Å². The van der Waals surface area contributed by atoms with Crippen LogP contribution in [0.5, 0.6) is 0 Å². The van der Waals surface area contributed by atoms with E-state index in [0.717, 1.165) is 5.01 Å². The Labute approximate surface area is 118 Å². The second-order valence-corrected chi connectivity index (χ2v) is 5.70. The number of halogens is 1. The van der Waals surface area contributed by atoms with Crippen LogP contribution in [-0.2, 0) is 5.54 Å². The van der Waals surface area contributed by atoms with Gasteiger partial charge in [-0.25, -0.2) is 9.97 Å². The molecule has 0 saturated carbocycles. The first-order chi connectivity index (χ1) is 8.90. The molecule has 8 heteroatoms. The maximum atomic E-state index is 11.0. The fraction of sp³-hybridized carbons (Fsp3) is 0.273. The van der Waals surface area contributed by atoms with Gasteiger partial charge in [0.25, 0.3) is 0 Å². The van der Waals surface area contributed by atoms with Crippen molar-refractivity contribution in [3.8, 4) is 0 Å². The highest BCUT2D eigenvalue weighted by Gasteiger charge is 2.27. The van der Waals surface area contributed by atoms with E-state index in [9.17, 15) is 10.1 Å². The number of nitrogens with zero attached hydrogens (tertiary/aromatic N) is 3. The predicted molar refractivity (Wildman–Crippen MR) is 74.7 cm³/mol. The molecule has 100 valence electrons. The first-order valence-corrected chi connectivity index (χ1v) is 6.64. The van der Waals surface area contributed by atoms with Crippen molar-refractivity contribution in [1.29, 1.82) is 0 Å². The molecule has 2 rings (SSSR count). The Bertz CT molecular complexity index is 601. The van der Waals surface area contributed by atoms with Gasteiger partial charge >= 0.3 is 5.69 Å². The summed E-state index contributed by atoms with van der Waals surface area (Å²) in [5, 5.41) is 16.9. The third-order valence-corrected chi connectivity index (χ3v) is 3.73. The normalized spacial score (nSPS) is 11.3. The van der Waals surface area contributed by atoms with E-state index in [0.29, 0.717) is 0 Å². The SMILES string of the molecule is CC(C)(Nc1ncc(Cl)cc1[N+](=O)[O-])c1nccs1. The number of pyridine rings is 1. The van der Waals surface area contributed by atoms with Crippen LogP contribution >= 0.6 is 22.9 Å². The molecule has 19 heavy (non-hydrogen) atoms. The average Bonchev–Trinajstić information content (AvgIpc) is 2.85. The van der Waals surface area contributed by atoms with E-state index in [4.69, 9.17) is 11.6 Å². The lowest BCUT2D eigenvalue weighted by Gasteiger charge is -2.24. The summed E-state index contributed by atoms with van der Waals surface area (Å²) in [4.78, 5) is 18.7. The Morgan fingerprint density at radius 3 is 2.79 bits per heavy atom. The van der Waals surface area contributed by atoms with Gasteiger partial charge < -0.3 is 5.32 Å². The molecular weight excluding hydrogens is 288 g/mol. The van der Waals surface area contributed by atoms with Gasteiger partial charge in [-0.15, -0.1) is 11.3 Å². The van der Waals surface area contributed by atoms with Crippen molar-refractivity contribution in [3.63, 3.8) is 0 Å². The van der Waals surface area contributed by atoms with Gasteiger partial charge in [-0.3, -0.25) is 10.1 Å². The summed E-state index contributed by atoms with van der Waals surface area (Å²) in [5.74, 6) is 0.176. The smallest absolute Gasteiger partial charge is 0.312 e. The Balaban J connectivity index is 2.36. The highest BCUT2D eigenvalue weighted by Crippen LogP contribution is 2.31. The monoisotopic (exact) mass is 298 g/mol. The molecule has 0 atom stereocenters. The second kappa shape index (κ2) is 5.10. The molecule has 6 nitrogen and oxygen atoms in total. The minimum absolute atomic E-state index is 0.155. The van der Waals surface area contributed by atoms with Crippen LogP contribution < -0.4 is 5.32 Å². The molecule has 0 saturated heterocycles. The second-order valence-electron chi connectivity index (χ2n) is 4.37. The lowest BCUT2D eigenvalue weighted by atomic mass is 10.1. The van der Waals surface area contributed by atoms with Crippen LogP contribution in [0.4, 0.5) is 11.5 Å². The molecule has 0 radical (unpaired) electrons. The number of anilines is 1. The number of rotatable bonds is 4. The number of thiazole rings is 1. The van der Waals surface area contributed by atoms with Gasteiger partial charge in [-0.2, -0.15) is 0 Å². The zero-order chi connectivity index (χ0) is 14.0. The van der Waals surface area contributed by atoms with Crippen LogP contribution in [0.3, 0.4) is 0 Å². The van der Waals surface area contributed by atoms with Crippen LogP contribution in [-0.4, -0.2) is 14.9 Å². The topological polar surface area (TPSA) is 81.0 Å². The molecule has 1 N–H and O–H groups in total. The summed E-state index contributed by atoms with van der Waals surface area (Å²) >= 11 is 7.20. The van der Waals surface area contributed by atoms with E-state index in [1.54, 1.807) is 6.20 Å². The molecule has 0 aliphatic heterocycles. The first-order valence-electron chi connectivity index (χ1n) is 5.38. The fourth-order valence-corrected chi connectivity index (χ4v) is 2.42. The molecule has 0 aliphatic carbocycles. The highest BCUT2D eigenvalue weighted by molar-refractivity contribution is 7.09. The average molecular weight is 299 g/mol. The van der Waals surface area contributed by atoms with Gasteiger partial charge in [0.15, 0.2) is 0 Å². The maximum absolute atomic E-state index is 11.0. The molecule has 2 heterocycles. The Kier molecular flexibility index (Phi) is 3.68. The number of aromatic nitrogens is 2. The quantitative estimate of drug-likeness (QED) is 0.690. The van der Waals surface area contributed by atoms with Crippen molar-refractivity contribution in [2.45, 2.75) is 19.4 Å². The summed E-state index contributed by atoms with van der Waals surface area (Å²) in [5.41, 5.74) is -0.711. The zero-order valence-electron chi connectivity index (χ0n) is 10.3. The summed E-state index contributed by atoms with van der Waals surface area (Å²) in [6, 6.07) is 1.27. The van der Waals surface area contributed by atoms with Gasteiger partial charge in [0.05, 0.1) is 15.5 Å². The van der Waals surface area contributed by atoms with Crippen LogP contribution in [0.25, 0.3) is 0 Å².